The van der Waals surface area contributed by atoms with Crippen molar-refractivity contribution < 1.29 is 19.4 Å². The summed E-state index contributed by atoms with van der Waals surface area (Å²) in [5, 5.41) is 10.0. The molecule has 2 aliphatic rings. The van der Waals surface area contributed by atoms with E-state index in [1.807, 2.05) is 30.3 Å². The number of imide groups is 1. The van der Waals surface area contributed by atoms with Gasteiger partial charge in [0.2, 0.25) is 5.91 Å². The summed E-state index contributed by atoms with van der Waals surface area (Å²) >= 11 is 0. The fourth-order valence-electron chi connectivity index (χ4n) is 2.80. The Morgan fingerprint density at radius 3 is 2.68 bits per heavy atom. The van der Waals surface area contributed by atoms with E-state index in [-0.39, 0.29) is 18.6 Å². The number of cyclic esters (lactones) is 1. The molecule has 114 valence electrons. The number of carbonyl (C=O) groups excluding carboxylic acids is 2. The van der Waals surface area contributed by atoms with Gasteiger partial charge in [-0.05, 0) is 30.7 Å². The van der Waals surface area contributed by atoms with Crippen molar-refractivity contribution in [2.75, 3.05) is 6.61 Å². The molecular formula is C16H18BNO4. The summed E-state index contributed by atoms with van der Waals surface area (Å²) < 4.78 is 5.01. The number of nitrogens with zero attached hydrogens (tertiary/aromatic N) is 1. The SMILES string of the molecule is [B][C@H](C(=O)N1C(=O)OC[C@@H]1Cc1ccccc1)[C@H](O)C1CC1. The van der Waals surface area contributed by atoms with Crippen molar-refractivity contribution in [3.8, 4) is 0 Å². The number of ether oxygens (including phenoxy) is 1. The second kappa shape index (κ2) is 6.12. The number of amides is 2. The molecule has 3 atom stereocenters. The molecule has 1 aromatic rings. The molecule has 1 aliphatic carbocycles. The Bertz CT molecular complexity index is 561. The molecule has 0 spiro atoms. The largest absolute Gasteiger partial charge is 0.447 e. The second-order valence-corrected chi connectivity index (χ2v) is 5.98. The van der Waals surface area contributed by atoms with Crippen LogP contribution in [0.1, 0.15) is 18.4 Å². The topological polar surface area (TPSA) is 66.8 Å². The molecular weight excluding hydrogens is 281 g/mol. The maximum atomic E-state index is 12.5. The lowest BCUT2D eigenvalue weighted by Crippen LogP contribution is -2.44. The molecule has 2 fully saturated rings. The van der Waals surface area contributed by atoms with Gasteiger partial charge in [-0.15, -0.1) is 0 Å². The molecule has 6 heteroatoms. The zero-order valence-corrected chi connectivity index (χ0v) is 12.2. The summed E-state index contributed by atoms with van der Waals surface area (Å²) in [5.74, 6) is -1.55. The molecule has 1 saturated carbocycles. The van der Waals surface area contributed by atoms with Gasteiger partial charge in [0.15, 0.2) is 0 Å². The summed E-state index contributed by atoms with van der Waals surface area (Å²) in [6.45, 7) is 0.158. The molecule has 22 heavy (non-hydrogen) atoms. The zero-order chi connectivity index (χ0) is 15.7. The minimum atomic E-state index is -1.07. The Labute approximate surface area is 130 Å². The maximum Gasteiger partial charge on any atom is 0.416 e. The minimum Gasteiger partial charge on any atom is -0.447 e. The fourth-order valence-corrected chi connectivity index (χ4v) is 2.80. The molecule has 0 aromatic heterocycles. The average Bonchev–Trinajstić information content (AvgIpc) is 3.31. The number of rotatable bonds is 5. The number of hydrogen-bond acceptors (Lipinski definition) is 4. The summed E-state index contributed by atoms with van der Waals surface area (Å²) in [6, 6.07) is 9.21. The molecule has 2 radical (unpaired) electrons. The van der Waals surface area contributed by atoms with Gasteiger partial charge in [-0.25, -0.2) is 9.69 Å². The van der Waals surface area contributed by atoms with Crippen molar-refractivity contribution in [1.29, 1.82) is 0 Å². The number of carbonyl (C=O) groups is 2. The Hall–Kier alpha value is -1.82. The third kappa shape index (κ3) is 3.02. The average molecular weight is 299 g/mol. The van der Waals surface area contributed by atoms with Crippen molar-refractivity contribution >= 4 is 19.8 Å². The lowest BCUT2D eigenvalue weighted by molar-refractivity contribution is -0.131. The van der Waals surface area contributed by atoms with Gasteiger partial charge in [0.05, 0.1) is 20.0 Å². The Morgan fingerprint density at radius 2 is 2.05 bits per heavy atom. The van der Waals surface area contributed by atoms with E-state index in [1.54, 1.807) is 0 Å². The lowest BCUT2D eigenvalue weighted by Gasteiger charge is -2.26. The summed E-state index contributed by atoms with van der Waals surface area (Å²) in [5.41, 5.74) is 1.01. The predicted octanol–water partition coefficient (Wildman–Crippen LogP) is 1.30. The molecule has 1 heterocycles. The molecule has 0 unspecified atom stereocenters. The van der Waals surface area contributed by atoms with E-state index in [4.69, 9.17) is 12.6 Å². The zero-order valence-electron chi connectivity index (χ0n) is 12.2. The maximum absolute atomic E-state index is 12.5. The molecule has 1 aromatic carbocycles. The highest BCUT2D eigenvalue weighted by Crippen LogP contribution is 2.37. The van der Waals surface area contributed by atoms with Gasteiger partial charge in [-0.2, -0.15) is 0 Å². The van der Waals surface area contributed by atoms with Crippen molar-refractivity contribution in [3.05, 3.63) is 35.9 Å². The number of benzene rings is 1. The first-order chi connectivity index (χ1) is 10.6. The van der Waals surface area contributed by atoms with Gasteiger partial charge in [-0.1, -0.05) is 30.3 Å². The molecule has 1 saturated heterocycles. The normalized spacial score (nSPS) is 24.0. The first-order valence-corrected chi connectivity index (χ1v) is 7.55. The minimum absolute atomic E-state index is 0.0742. The monoisotopic (exact) mass is 299 g/mol. The van der Waals surface area contributed by atoms with Crippen LogP contribution in [0, 0.1) is 5.92 Å². The van der Waals surface area contributed by atoms with Crippen molar-refractivity contribution in [2.24, 2.45) is 5.92 Å². The van der Waals surface area contributed by atoms with E-state index in [1.165, 1.54) is 0 Å². The van der Waals surface area contributed by atoms with Crippen LogP contribution < -0.4 is 0 Å². The van der Waals surface area contributed by atoms with Crippen LogP contribution in [0.4, 0.5) is 4.79 Å². The van der Waals surface area contributed by atoms with Crippen LogP contribution in [0.5, 0.6) is 0 Å². The van der Waals surface area contributed by atoms with E-state index in [2.05, 4.69) is 0 Å². The van der Waals surface area contributed by atoms with Gasteiger partial charge in [0, 0.05) is 5.82 Å². The third-order valence-corrected chi connectivity index (χ3v) is 4.27. The first-order valence-electron chi connectivity index (χ1n) is 7.55. The van der Waals surface area contributed by atoms with Gasteiger partial charge < -0.3 is 9.84 Å². The fraction of sp³-hybridized carbons (Fsp3) is 0.500. The quantitative estimate of drug-likeness (QED) is 0.832. The molecule has 0 bridgehead atoms. The van der Waals surface area contributed by atoms with Crippen LogP contribution in [-0.2, 0) is 16.0 Å². The molecule has 3 rings (SSSR count). The molecule has 1 aliphatic heterocycles. The predicted molar refractivity (Wildman–Crippen MR) is 80.4 cm³/mol. The van der Waals surface area contributed by atoms with Crippen LogP contribution in [0.15, 0.2) is 30.3 Å². The van der Waals surface area contributed by atoms with E-state index in [9.17, 15) is 14.7 Å². The van der Waals surface area contributed by atoms with Crippen molar-refractivity contribution in [2.45, 2.75) is 37.2 Å². The van der Waals surface area contributed by atoms with E-state index >= 15 is 0 Å². The van der Waals surface area contributed by atoms with E-state index in [0.29, 0.717) is 6.42 Å². The lowest BCUT2D eigenvalue weighted by atomic mass is 9.79. The van der Waals surface area contributed by atoms with Crippen LogP contribution >= 0.6 is 0 Å². The second-order valence-electron chi connectivity index (χ2n) is 5.98. The highest BCUT2D eigenvalue weighted by Gasteiger charge is 2.43. The van der Waals surface area contributed by atoms with Crippen LogP contribution in [0.3, 0.4) is 0 Å². The Morgan fingerprint density at radius 1 is 1.36 bits per heavy atom. The number of aliphatic hydroxyl groups is 1. The van der Waals surface area contributed by atoms with Crippen molar-refractivity contribution in [3.63, 3.8) is 0 Å². The standard InChI is InChI=1S/C16H18BNO4/c17-13(14(19)11-6-7-11)15(20)18-12(9-22-16(18)21)8-10-4-2-1-3-5-10/h1-5,11-14,19H,6-9H2/t12-,13-,14+/m0/s1. The first kappa shape index (κ1) is 15.1. The van der Waals surface area contributed by atoms with Gasteiger partial charge in [0.1, 0.15) is 6.61 Å². The highest BCUT2D eigenvalue weighted by atomic mass is 16.6. The highest BCUT2D eigenvalue weighted by molar-refractivity contribution is 6.25. The summed E-state index contributed by atoms with van der Waals surface area (Å²) in [7, 11) is 5.85. The van der Waals surface area contributed by atoms with E-state index in [0.717, 1.165) is 23.3 Å². The van der Waals surface area contributed by atoms with E-state index < -0.39 is 23.9 Å². The van der Waals surface area contributed by atoms with Gasteiger partial charge >= 0.3 is 6.09 Å². The van der Waals surface area contributed by atoms with Gasteiger partial charge in [-0.3, -0.25) is 4.79 Å². The van der Waals surface area contributed by atoms with Crippen molar-refractivity contribution in [1.82, 2.24) is 4.90 Å². The number of aliphatic hydroxyl groups excluding tert-OH is 1. The number of hydrogen-bond donors (Lipinski definition) is 1. The molecule has 2 amide bonds. The summed E-state index contributed by atoms with van der Waals surface area (Å²) in [4.78, 5) is 25.4. The smallest absolute Gasteiger partial charge is 0.416 e. The van der Waals surface area contributed by atoms with Crippen LogP contribution in [0.2, 0.25) is 5.82 Å². The van der Waals surface area contributed by atoms with Crippen LogP contribution in [-0.4, -0.2) is 48.6 Å². The van der Waals surface area contributed by atoms with Gasteiger partial charge in [0.25, 0.3) is 0 Å². The molecule has 1 N–H and O–H groups in total. The Kier molecular flexibility index (Phi) is 4.20. The molecule has 5 nitrogen and oxygen atoms in total. The Balaban J connectivity index is 1.71. The third-order valence-electron chi connectivity index (χ3n) is 4.27. The summed E-state index contributed by atoms with van der Waals surface area (Å²) in [6.07, 6.45) is 0.702. The van der Waals surface area contributed by atoms with Crippen LogP contribution in [0.25, 0.3) is 0 Å².